The van der Waals surface area contributed by atoms with E-state index in [1.165, 1.54) is 37.8 Å². The number of benzene rings is 2. The van der Waals surface area contributed by atoms with Crippen molar-refractivity contribution in [2.24, 2.45) is 17.8 Å². The predicted octanol–water partition coefficient (Wildman–Crippen LogP) is 7.85. The van der Waals surface area contributed by atoms with Crippen LogP contribution >= 0.6 is 0 Å². The Morgan fingerprint density at radius 3 is 2.27 bits per heavy atom. The van der Waals surface area contributed by atoms with Crippen LogP contribution in [-0.2, 0) is 0 Å². The number of halogens is 5. The third-order valence-corrected chi connectivity index (χ3v) is 6.81. The van der Waals surface area contributed by atoms with Crippen LogP contribution in [0.5, 0.6) is 5.75 Å². The number of fused-ring (bicyclic) bond motifs is 1. The molecule has 0 aromatic heterocycles. The molecule has 4 unspecified atom stereocenters. The van der Waals surface area contributed by atoms with Gasteiger partial charge in [-0.3, -0.25) is 0 Å². The van der Waals surface area contributed by atoms with Gasteiger partial charge >= 0.3 is 6.36 Å². The molecule has 2 aromatic rings. The summed E-state index contributed by atoms with van der Waals surface area (Å²) in [4.78, 5) is 0. The maximum absolute atomic E-state index is 14.8. The van der Waals surface area contributed by atoms with Gasteiger partial charge in [-0.05, 0) is 85.1 Å². The van der Waals surface area contributed by atoms with Crippen LogP contribution in [-0.4, -0.2) is 6.36 Å². The van der Waals surface area contributed by atoms with Gasteiger partial charge in [-0.15, -0.1) is 13.2 Å². The fraction of sp³-hybridized carbons (Fsp3) is 0.500. The Bertz CT molecular complexity index is 907. The average molecular weight is 424 g/mol. The maximum atomic E-state index is 14.8. The predicted molar refractivity (Wildman–Crippen MR) is 105 cm³/mol. The summed E-state index contributed by atoms with van der Waals surface area (Å²) < 4.78 is 69.4. The molecule has 6 heteroatoms. The molecule has 2 fully saturated rings. The third-order valence-electron chi connectivity index (χ3n) is 6.81. The SMILES string of the molecule is CC1CCC2CC(c3ccc(-c4ccc(OC(F)(F)F)c(F)c4)c(F)c3)CCC2C1. The lowest BCUT2D eigenvalue weighted by atomic mass is 9.64. The highest BCUT2D eigenvalue weighted by Gasteiger charge is 2.35. The molecule has 0 heterocycles. The molecule has 1 nitrogen and oxygen atoms in total. The summed E-state index contributed by atoms with van der Waals surface area (Å²) in [6, 6.07) is 7.94. The van der Waals surface area contributed by atoms with Gasteiger partial charge in [0.15, 0.2) is 11.6 Å². The normalized spacial score (nSPS) is 26.9. The lowest BCUT2D eigenvalue weighted by molar-refractivity contribution is -0.275. The van der Waals surface area contributed by atoms with Gasteiger partial charge in [0, 0.05) is 5.56 Å². The molecule has 2 aliphatic carbocycles. The van der Waals surface area contributed by atoms with Crippen molar-refractivity contribution in [1.29, 1.82) is 0 Å². The molecule has 0 bridgehead atoms. The van der Waals surface area contributed by atoms with E-state index in [1.807, 2.05) is 6.07 Å². The van der Waals surface area contributed by atoms with Gasteiger partial charge in [0.25, 0.3) is 0 Å². The van der Waals surface area contributed by atoms with Crippen LogP contribution in [0.2, 0.25) is 0 Å². The Labute approximate surface area is 173 Å². The first-order valence-corrected chi connectivity index (χ1v) is 10.5. The van der Waals surface area contributed by atoms with E-state index in [2.05, 4.69) is 11.7 Å². The maximum Gasteiger partial charge on any atom is 0.573 e. The topological polar surface area (TPSA) is 9.23 Å². The fourth-order valence-electron chi connectivity index (χ4n) is 5.32. The van der Waals surface area contributed by atoms with Crippen LogP contribution in [0.3, 0.4) is 0 Å². The van der Waals surface area contributed by atoms with Crippen molar-refractivity contribution in [3.63, 3.8) is 0 Å². The molecule has 0 saturated heterocycles. The van der Waals surface area contributed by atoms with Gasteiger partial charge in [0.05, 0.1) is 0 Å². The van der Waals surface area contributed by atoms with E-state index < -0.39 is 23.7 Å². The van der Waals surface area contributed by atoms with Crippen LogP contribution < -0.4 is 4.74 Å². The zero-order chi connectivity index (χ0) is 21.5. The van der Waals surface area contributed by atoms with Gasteiger partial charge in [-0.25, -0.2) is 8.78 Å². The smallest absolute Gasteiger partial charge is 0.403 e. The highest BCUT2D eigenvalue weighted by atomic mass is 19.4. The molecule has 4 rings (SSSR count). The van der Waals surface area contributed by atoms with Crippen LogP contribution in [0.15, 0.2) is 36.4 Å². The van der Waals surface area contributed by atoms with E-state index >= 15 is 0 Å². The van der Waals surface area contributed by atoms with Crippen LogP contribution in [0, 0.1) is 29.4 Å². The second-order valence-electron chi connectivity index (χ2n) is 8.88. The van der Waals surface area contributed by atoms with E-state index in [0.717, 1.165) is 42.4 Å². The second-order valence-corrected chi connectivity index (χ2v) is 8.88. The van der Waals surface area contributed by atoms with Crippen molar-refractivity contribution in [3.8, 4) is 16.9 Å². The molecule has 0 aliphatic heterocycles. The van der Waals surface area contributed by atoms with Crippen molar-refractivity contribution >= 4 is 0 Å². The van der Waals surface area contributed by atoms with Gasteiger partial charge in [0.1, 0.15) is 5.82 Å². The van der Waals surface area contributed by atoms with Crippen molar-refractivity contribution in [3.05, 3.63) is 53.6 Å². The molecule has 0 radical (unpaired) electrons. The first-order chi connectivity index (χ1) is 14.2. The molecule has 2 aliphatic rings. The van der Waals surface area contributed by atoms with Crippen molar-refractivity contribution in [1.82, 2.24) is 0 Å². The highest BCUT2D eigenvalue weighted by molar-refractivity contribution is 5.65. The Morgan fingerprint density at radius 2 is 1.57 bits per heavy atom. The number of hydrogen-bond acceptors (Lipinski definition) is 1. The number of rotatable bonds is 3. The number of alkyl halides is 3. The fourth-order valence-corrected chi connectivity index (χ4v) is 5.32. The first kappa shape index (κ1) is 21.1. The number of hydrogen-bond donors (Lipinski definition) is 0. The molecule has 4 atom stereocenters. The zero-order valence-electron chi connectivity index (χ0n) is 16.8. The molecule has 0 spiro atoms. The van der Waals surface area contributed by atoms with Gasteiger partial charge in [0.2, 0.25) is 0 Å². The summed E-state index contributed by atoms with van der Waals surface area (Å²) >= 11 is 0. The van der Waals surface area contributed by atoms with E-state index in [-0.39, 0.29) is 11.1 Å². The Kier molecular flexibility index (Phi) is 5.78. The minimum atomic E-state index is -4.98. The monoisotopic (exact) mass is 424 g/mol. The Hall–Kier alpha value is -2.11. The summed E-state index contributed by atoms with van der Waals surface area (Å²) in [7, 11) is 0. The molecule has 162 valence electrons. The van der Waals surface area contributed by atoms with Gasteiger partial charge in [-0.2, -0.15) is 0 Å². The summed E-state index contributed by atoms with van der Waals surface area (Å²) in [6.45, 7) is 2.32. The van der Waals surface area contributed by atoms with E-state index in [9.17, 15) is 22.0 Å². The summed E-state index contributed by atoms with van der Waals surface area (Å²) in [5, 5.41) is 0. The Morgan fingerprint density at radius 1 is 0.833 bits per heavy atom. The molecule has 30 heavy (non-hydrogen) atoms. The van der Waals surface area contributed by atoms with Gasteiger partial charge in [-0.1, -0.05) is 31.5 Å². The van der Waals surface area contributed by atoms with Crippen LogP contribution in [0.1, 0.15) is 56.9 Å². The van der Waals surface area contributed by atoms with E-state index in [1.54, 1.807) is 6.07 Å². The molecular formula is C24H25F5O. The lowest BCUT2D eigenvalue weighted by Crippen LogP contribution is -2.29. The van der Waals surface area contributed by atoms with Crippen molar-refractivity contribution in [2.75, 3.05) is 0 Å². The van der Waals surface area contributed by atoms with E-state index in [4.69, 9.17) is 0 Å². The minimum Gasteiger partial charge on any atom is -0.403 e. The van der Waals surface area contributed by atoms with Crippen LogP contribution in [0.4, 0.5) is 22.0 Å². The Balaban J connectivity index is 1.51. The largest absolute Gasteiger partial charge is 0.573 e. The van der Waals surface area contributed by atoms with Crippen LogP contribution in [0.25, 0.3) is 11.1 Å². The quantitative estimate of drug-likeness (QED) is 0.456. The van der Waals surface area contributed by atoms with E-state index in [0.29, 0.717) is 11.8 Å². The second kappa shape index (κ2) is 8.20. The zero-order valence-corrected chi connectivity index (χ0v) is 16.8. The van der Waals surface area contributed by atoms with Crippen molar-refractivity contribution in [2.45, 2.75) is 57.7 Å². The molecular weight excluding hydrogens is 399 g/mol. The first-order valence-electron chi connectivity index (χ1n) is 10.5. The van der Waals surface area contributed by atoms with Gasteiger partial charge < -0.3 is 4.74 Å². The molecule has 0 amide bonds. The molecule has 2 aromatic carbocycles. The number of ether oxygens (including phenoxy) is 1. The van der Waals surface area contributed by atoms with Crippen molar-refractivity contribution < 1.29 is 26.7 Å². The lowest BCUT2D eigenvalue weighted by Gasteiger charge is -2.41. The minimum absolute atomic E-state index is 0.163. The highest BCUT2D eigenvalue weighted by Crippen LogP contribution is 2.47. The molecule has 2 saturated carbocycles. The third kappa shape index (κ3) is 4.62. The summed E-state index contributed by atoms with van der Waals surface area (Å²) in [6.07, 6.45) is 2.12. The summed E-state index contributed by atoms with van der Waals surface area (Å²) in [5.41, 5.74) is 1.29. The standard InChI is InChI=1S/C24H25F5O/c1-14-2-3-16-11-17(5-4-15(16)10-14)18-6-8-20(21(25)12-18)19-7-9-23(22(26)13-19)30-24(27,28)29/h6-9,12-17H,2-5,10-11H2,1H3. The molecule has 0 N–H and O–H groups in total. The average Bonchev–Trinajstić information content (AvgIpc) is 2.68. The summed E-state index contributed by atoms with van der Waals surface area (Å²) in [5.74, 6) is 0.0126.